The number of rotatable bonds is 4. The summed E-state index contributed by atoms with van der Waals surface area (Å²) in [7, 11) is 0. The van der Waals surface area contributed by atoms with Crippen LogP contribution in [0.5, 0.6) is 0 Å². The van der Waals surface area contributed by atoms with E-state index in [4.69, 9.17) is 4.99 Å². The molecule has 4 aromatic carbocycles. The number of nitrogens with zero attached hydrogens (tertiary/aromatic N) is 1. The molecule has 0 spiro atoms. The van der Waals surface area contributed by atoms with Crippen molar-refractivity contribution >= 4 is 22.2 Å². The van der Waals surface area contributed by atoms with Gasteiger partial charge in [0.2, 0.25) is 0 Å². The van der Waals surface area contributed by atoms with Crippen molar-refractivity contribution in [1.82, 2.24) is 0 Å². The molecule has 0 aliphatic heterocycles. The summed E-state index contributed by atoms with van der Waals surface area (Å²) >= 11 is 0. The first kappa shape index (κ1) is 18.9. The van der Waals surface area contributed by atoms with Crippen molar-refractivity contribution in [2.45, 2.75) is 20.8 Å². The quantitative estimate of drug-likeness (QED) is 0.326. The van der Waals surface area contributed by atoms with Crippen LogP contribution in [0.15, 0.2) is 96.5 Å². The zero-order chi connectivity index (χ0) is 20.4. The van der Waals surface area contributed by atoms with Crippen molar-refractivity contribution in [1.29, 1.82) is 0 Å². The van der Waals surface area contributed by atoms with Crippen molar-refractivity contribution in [2.24, 2.45) is 4.99 Å². The number of aryl methyl sites for hydroxylation is 2. The third-order valence-corrected chi connectivity index (χ3v) is 5.48. The molecule has 0 radical (unpaired) electrons. The van der Waals surface area contributed by atoms with Crippen LogP contribution in [-0.4, -0.2) is 5.71 Å². The molecule has 0 heterocycles. The SMILES string of the molecule is C=C(N=C(C)c1ccc(C)c(-c2ccccc2C)c1)c1ccc2ccccc2c1. The standard InChI is InChI=1S/C28H25N/c1-19-9-5-8-12-27(19)28-18-25(14-13-20(28)2)22(4)29-21(3)24-16-15-23-10-6-7-11-26(23)17-24/h5-18H,3H2,1-2,4H3. The molecule has 0 atom stereocenters. The van der Waals surface area contributed by atoms with Crippen LogP contribution in [0.2, 0.25) is 0 Å². The Kier molecular flexibility index (Phi) is 5.14. The summed E-state index contributed by atoms with van der Waals surface area (Å²) in [5, 5.41) is 2.43. The maximum absolute atomic E-state index is 4.83. The maximum atomic E-state index is 4.83. The first-order chi connectivity index (χ1) is 14.0. The van der Waals surface area contributed by atoms with Crippen molar-refractivity contribution in [3.05, 3.63) is 114 Å². The van der Waals surface area contributed by atoms with Gasteiger partial charge in [0.15, 0.2) is 0 Å². The van der Waals surface area contributed by atoms with Crippen molar-refractivity contribution in [2.75, 3.05) is 0 Å². The van der Waals surface area contributed by atoms with Crippen LogP contribution in [0, 0.1) is 13.8 Å². The fourth-order valence-corrected chi connectivity index (χ4v) is 3.71. The molecule has 1 heteroatoms. The fraction of sp³-hybridized carbons (Fsp3) is 0.107. The van der Waals surface area contributed by atoms with E-state index in [9.17, 15) is 0 Å². The topological polar surface area (TPSA) is 12.4 Å². The highest BCUT2D eigenvalue weighted by molar-refractivity contribution is 6.03. The van der Waals surface area contributed by atoms with Gasteiger partial charge in [0.1, 0.15) is 0 Å². The van der Waals surface area contributed by atoms with Gasteiger partial charge >= 0.3 is 0 Å². The highest BCUT2D eigenvalue weighted by Crippen LogP contribution is 2.28. The van der Waals surface area contributed by atoms with Crippen LogP contribution in [0.3, 0.4) is 0 Å². The minimum atomic E-state index is 0.784. The molecule has 29 heavy (non-hydrogen) atoms. The third-order valence-electron chi connectivity index (χ3n) is 5.48. The normalized spacial score (nSPS) is 11.6. The minimum absolute atomic E-state index is 0.784. The first-order valence-electron chi connectivity index (χ1n) is 9.93. The van der Waals surface area contributed by atoms with Crippen LogP contribution in [-0.2, 0) is 0 Å². The van der Waals surface area contributed by atoms with Crippen LogP contribution in [0.4, 0.5) is 0 Å². The lowest BCUT2D eigenvalue weighted by Crippen LogP contribution is -1.98. The molecule has 0 fully saturated rings. The lowest BCUT2D eigenvalue weighted by molar-refractivity contribution is 1.39. The van der Waals surface area contributed by atoms with Gasteiger partial charge in [0.05, 0.1) is 5.70 Å². The Balaban J connectivity index is 1.69. The molecular formula is C28H25N. The highest BCUT2D eigenvalue weighted by Gasteiger charge is 2.08. The van der Waals surface area contributed by atoms with Crippen LogP contribution >= 0.6 is 0 Å². The van der Waals surface area contributed by atoms with E-state index in [0.717, 1.165) is 22.5 Å². The molecular weight excluding hydrogens is 350 g/mol. The summed E-state index contributed by atoms with van der Waals surface area (Å²) in [6, 6.07) is 29.8. The second-order valence-corrected chi connectivity index (χ2v) is 7.55. The predicted molar refractivity (Wildman–Crippen MR) is 127 cm³/mol. The molecule has 0 aliphatic carbocycles. The predicted octanol–water partition coefficient (Wildman–Crippen LogP) is 7.60. The van der Waals surface area contributed by atoms with E-state index < -0.39 is 0 Å². The zero-order valence-corrected chi connectivity index (χ0v) is 17.2. The minimum Gasteiger partial charge on any atom is -0.253 e. The molecule has 0 amide bonds. The number of hydrogen-bond donors (Lipinski definition) is 0. The lowest BCUT2D eigenvalue weighted by atomic mass is 9.94. The van der Waals surface area contributed by atoms with E-state index in [0.29, 0.717) is 0 Å². The van der Waals surface area contributed by atoms with E-state index in [1.165, 1.54) is 33.0 Å². The molecule has 4 aromatic rings. The Labute approximate surface area is 173 Å². The number of aliphatic imine (C=N–C) groups is 1. The van der Waals surface area contributed by atoms with E-state index in [1.54, 1.807) is 0 Å². The largest absolute Gasteiger partial charge is 0.253 e. The highest BCUT2D eigenvalue weighted by atomic mass is 14.7. The molecule has 0 aliphatic rings. The fourth-order valence-electron chi connectivity index (χ4n) is 3.71. The second-order valence-electron chi connectivity index (χ2n) is 7.55. The Morgan fingerprint density at radius 3 is 2.10 bits per heavy atom. The zero-order valence-electron chi connectivity index (χ0n) is 17.2. The van der Waals surface area contributed by atoms with Crippen molar-refractivity contribution in [3.63, 3.8) is 0 Å². The smallest absolute Gasteiger partial charge is 0.0633 e. The summed E-state index contributed by atoms with van der Waals surface area (Å²) < 4.78 is 0. The number of hydrogen-bond acceptors (Lipinski definition) is 1. The number of fused-ring (bicyclic) bond motifs is 1. The number of benzene rings is 4. The van der Waals surface area contributed by atoms with Gasteiger partial charge in [-0.2, -0.15) is 0 Å². The van der Waals surface area contributed by atoms with E-state index in [1.807, 2.05) is 0 Å². The van der Waals surface area contributed by atoms with Crippen LogP contribution < -0.4 is 0 Å². The van der Waals surface area contributed by atoms with Gasteiger partial charge in [0.25, 0.3) is 0 Å². The molecule has 1 nitrogen and oxygen atoms in total. The van der Waals surface area contributed by atoms with Gasteiger partial charge in [-0.05, 0) is 71.5 Å². The molecule has 4 rings (SSSR count). The van der Waals surface area contributed by atoms with Gasteiger partial charge in [-0.3, -0.25) is 4.99 Å². The first-order valence-corrected chi connectivity index (χ1v) is 9.93. The summed E-state index contributed by atoms with van der Waals surface area (Å²) in [6.07, 6.45) is 0. The van der Waals surface area contributed by atoms with E-state index in [-0.39, 0.29) is 0 Å². The summed E-state index contributed by atoms with van der Waals surface area (Å²) in [4.78, 5) is 4.83. The van der Waals surface area contributed by atoms with Gasteiger partial charge in [0, 0.05) is 11.3 Å². The molecule has 0 saturated heterocycles. The van der Waals surface area contributed by atoms with E-state index >= 15 is 0 Å². The Morgan fingerprint density at radius 1 is 0.655 bits per heavy atom. The molecule has 142 valence electrons. The van der Waals surface area contributed by atoms with Crippen molar-refractivity contribution < 1.29 is 0 Å². The Hall–Kier alpha value is -3.45. The maximum Gasteiger partial charge on any atom is 0.0633 e. The van der Waals surface area contributed by atoms with Crippen molar-refractivity contribution in [3.8, 4) is 11.1 Å². The summed E-state index contributed by atoms with van der Waals surface area (Å²) in [5.41, 5.74) is 9.00. The third kappa shape index (κ3) is 3.90. The lowest BCUT2D eigenvalue weighted by Gasteiger charge is -2.12. The van der Waals surface area contributed by atoms with Crippen LogP contribution in [0.25, 0.3) is 27.6 Å². The van der Waals surface area contributed by atoms with Gasteiger partial charge in [-0.15, -0.1) is 0 Å². The Morgan fingerprint density at radius 2 is 1.31 bits per heavy atom. The van der Waals surface area contributed by atoms with Gasteiger partial charge in [-0.25, -0.2) is 0 Å². The molecule has 0 saturated carbocycles. The van der Waals surface area contributed by atoms with Gasteiger partial charge in [-0.1, -0.05) is 79.4 Å². The van der Waals surface area contributed by atoms with E-state index in [2.05, 4.69) is 112 Å². The molecule has 0 unspecified atom stereocenters. The monoisotopic (exact) mass is 375 g/mol. The molecule has 0 bridgehead atoms. The van der Waals surface area contributed by atoms with Gasteiger partial charge < -0.3 is 0 Å². The second kappa shape index (κ2) is 7.89. The van der Waals surface area contributed by atoms with Crippen LogP contribution in [0.1, 0.15) is 29.2 Å². The summed E-state index contributed by atoms with van der Waals surface area (Å²) in [6.45, 7) is 10.6. The average molecular weight is 376 g/mol. The molecule has 0 N–H and O–H groups in total. The summed E-state index contributed by atoms with van der Waals surface area (Å²) in [5.74, 6) is 0. The average Bonchev–Trinajstić information content (AvgIpc) is 2.74. The Bertz CT molecular complexity index is 1240. The molecule has 0 aromatic heterocycles.